The fourth-order valence-corrected chi connectivity index (χ4v) is 3.98. The van der Waals surface area contributed by atoms with E-state index in [1.165, 1.54) is 37.1 Å². The van der Waals surface area contributed by atoms with Crippen LogP contribution in [0, 0.1) is 17.6 Å². The van der Waals surface area contributed by atoms with Crippen LogP contribution in [0.3, 0.4) is 0 Å². The zero-order valence-corrected chi connectivity index (χ0v) is 16.0. The minimum absolute atomic E-state index is 0.231. The second-order valence-electron chi connectivity index (χ2n) is 7.59. The first-order chi connectivity index (χ1) is 13.6. The number of rotatable bonds is 5. The van der Waals surface area contributed by atoms with Crippen molar-refractivity contribution >= 4 is 0 Å². The SMILES string of the molecule is CCC1CC[C@@H](Oc2cc(-c3ccc(F)cc3)cc(-c3ccc(F)cc3)c2)C1. The van der Waals surface area contributed by atoms with Crippen LogP contribution in [-0.2, 0) is 0 Å². The number of hydrogen-bond acceptors (Lipinski definition) is 1. The average molecular weight is 378 g/mol. The van der Waals surface area contributed by atoms with Gasteiger partial charge >= 0.3 is 0 Å². The summed E-state index contributed by atoms with van der Waals surface area (Å²) in [6.45, 7) is 2.23. The summed E-state index contributed by atoms with van der Waals surface area (Å²) in [7, 11) is 0. The van der Waals surface area contributed by atoms with Crippen molar-refractivity contribution in [3.8, 4) is 28.0 Å². The van der Waals surface area contributed by atoms with Crippen LogP contribution >= 0.6 is 0 Å². The minimum Gasteiger partial charge on any atom is -0.490 e. The van der Waals surface area contributed by atoms with Gasteiger partial charge in [0.25, 0.3) is 0 Å². The van der Waals surface area contributed by atoms with E-state index in [1.807, 2.05) is 18.2 Å². The first kappa shape index (κ1) is 18.7. The van der Waals surface area contributed by atoms with E-state index in [2.05, 4.69) is 6.92 Å². The Kier molecular flexibility index (Phi) is 5.43. The molecule has 4 rings (SSSR count). The van der Waals surface area contributed by atoms with Crippen LogP contribution in [0.25, 0.3) is 22.3 Å². The lowest BCUT2D eigenvalue weighted by molar-refractivity contribution is 0.204. The van der Waals surface area contributed by atoms with Gasteiger partial charge in [0.2, 0.25) is 0 Å². The molecule has 3 aromatic carbocycles. The molecule has 0 aromatic heterocycles. The Morgan fingerprint density at radius 2 is 1.29 bits per heavy atom. The molecule has 0 saturated heterocycles. The Bertz CT molecular complexity index is 868. The topological polar surface area (TPSA) is 9.23 Å². The molecule has 0 spiro atoms. The Morgan fingerprint density at radius 1 is 0.750 bits per heavy atom. The third kappa shape index (κ3) is 4.24. The first-order valence-electron chi connectivity index (χ1n) is 9.94. The number of halogens is 2. The molecule has 28 heavy (non-hydrogen) atoms. The molecular weight excluding hydrogens is 354 g/mol. The maximum Gasteiger partial charge on any atom is 0.123 e. The first-order valence-corrected chi connectivity index (χ1v) is 9.94. The summed E-state index contributed by atoms with van der Waals surface area (Å²) in [6.07, 6.45) is 4.79. The lowest BCUT2D eigenvalue weighted by Gasteiger charge is -2.17. The van der Waals surface area contributed by atoms with E-state index in [9.17, 15) is 8.78 Å². The lowest BCUT2D eigenvalue weighted by atomic mass is 9.98. The van der Waals surface area contributed by atoms with Gasteiger partial charge in [-0.05, 0) is 89.9 Å². The molecule has 1 fully saturated rings. The van der Waals surface area contributed by atoms with Crippen LogP contribution in [0.2, 0.25) is 0 Å². The minimum atomic E-state index is -0.258. The van der Waals surface area contributed by atoms with Gasteiger partial charge in [-0.3, -0.25) is 0 Å². The molecule has 0 aliphatic heterocycles. The molecule has 144 valence electrons. The smallest absolute Gasteiger partial charge is 0.123 e. The highest BCUT2D eigenvalue weighted by atomic mass is 19.1. The normalized spacial score (nSPS) is 19.0. The van der Waals surface area contributed by atoms with Crippen molar-refractivity contribution in [2.24, 2.45) is 5.92 Å². The Labute approximate surface area is 165 Å². The summed E-state index contributed by atoms with van der Waals surface area (Å²) in [5, 5.41) is 0. The highest BCUT2D eigenvalue weighted by Crippen LogP contribution is 2.35. The molecule has 3 heteroatoms. The van der Waals surface area contributed by atoms with Crippen molar-refractivity contribution < 1.29 is 13.5 Å². The van der Waals surface area contributed by atoms with Crippen molar-refractivity contribution in [3.05, 3.63) is 78.4 Å². The van der Waals surface area contributed by atoms with E-state index in [4.69, 9.17) is 4.74 Å². The van der Waals surface area contributed by atoms with Crippen LogP contribution < -0.4 is 4.74 Å². The predicted molar refractivity (Wildman–Crippen MR) is 109 cm³/mol. The summed E-state index contributed by atoms with van der Waals surface area (Å²) in [6, 6.07) is 19.0. The zero-order chi connectivity index (χ0) is 19.5. The summed E-state index contributed by atoms with van der Waals surface area (Å²) >= 11 is 0. The second kappa shape index (κ2) is 8.14. The zero-order valence-electron chi connectivity index (χ0n) is 16.0. The number of hydrogen-bond donors (Lipinski definition) is 0. The van der Waals surface area contributed by atoms with Gasteiger partial charge in [-0.2, -0.15) is 0 Å². The Morgan fingerprint density at radius 3 is 1.75 bits per heavy atom. The quantitative estimate of drug-likeness (QED) is 0.454. The molecular formula is C25H24F2O. The Hall–Kier alpha value is -2.68. The molecule has 0 N–H and O–H groups in total. The van der Waals surface area contributed by atoms with E-state index in [0.717, 1.165) is 46.8 Å². The third-order valence-electron chi connectivity index (χ3n) is 5.63. The third-order valence-corrected chi connectivity index (χ3v) is 5.63. The molecule has 3 aromatic rings. The second-order valence-corrected chi connectivity index (χ2v) is 7.59. The summed E-state index contributed by atoms with van der Waals surface area (Å²) in [5.74, 6) is 1.03. The molecule has 1 aliphatic rings. The highest BCUT2D eigenvalue weighted by Gasteiger charge is 2.25. The number of benzene rings is 3. The standard InChI is InChI=1S/C25H24F2O/c1-2-17-3-12-24(13-17)28-25-15-20(18-4-8-22(26)9-5-18)14-21(16-25)19-6-10-23(27)11-7-19/h4-11,14-17,24H,2-3,12-13H2,1H3/t17?,24-/m1/s1. The average Bonchev–Trinajstić information content (AvgIpc) is 3.16. The molecule has 1 unspecified atom stereocenters. The maximum atomic E-state index is 13.3. The van der Waals surface area contributed by atoms with Crippen LogP contribution in [0.15, 0.2) is 66.7 Å². The molecule has 0 radical (unpaired) electrons. The van der Waals surface area contributed by atoms with Gasteiger partial charge in [0.05, 0.1) is 6.10 Å². The molecule has 1 aliphatic carbocycles. The largest absolute Gasteiger partial charge is 0.490 e. The van der Waals surface area contributed by atoms with Crippen molar-refractivity contribution in [1.29, 1.82) is 0 Å². The van der Waals surface area contributed by atoms with Crippen LogP contribution in [0.5, 0.6) is 5.75 Å². The fraction of sp³-hybridized carbons (Fsp3) is 0.280. The Balaban J connectivity index is 1.70. The predicted octanol–water partition coefficient (Wildman–Crippen LogP) is 7.26. The van der Waals surface area contributed by atoms with E-state index >= 15 is 0 Å². The van der Waals surface area contributed by atoms with Gasteiger partial charge < -0.3 is 4.74 Å². The summed E-state index contributed by atoms with van der Waals surface area (Å²) < 4.78 is 33.0. The van der Waals surface area contributed by atoms with Crippen molar-refractivity contribution in [1.82, 2.24) is 0 Å². The van der Waals surface area contributed by atoms with Gasteiger partial charge in [0, 0.05) is 0 Å². The summed E-state index contributed by atoms with van der Waals surface area (Å²) in [4.78, 5) is 0. The van der Waals surface area contributed by atoms with Gasteiger partial charge in [-0.15, -0.1) is 0 Å². The molecule has 2 atom stereocenters. The van der Waals surface area contributed by atoms with Crippen LogP contribution in [-0.4, -0.2) is 6.10 Å². The van der Waals surface area contributed by atoms with Crippen LogP contribution in [0.1, 0.15) is 32.6 Å². The lowest BCUT2D eigenvalue weighted by Crippen LogP contribution is -2.12. The fourth-order valence-electron chi connectivity index (χ4n) is 3.98. The van der Waals surface area contributed by atoms with Crippen LogP contribution in [0.4, 0.5) is 8.78 Å². The van der Waals surface area contributed by atoms with Crippen molar-refractivity contribution in [3.63, 3.8) is 0 Å². The van der Waals surface area contributed by atoms with Gasteiger partial charge in [-0.25, -0.2) is 8.78 Å². The number of ether oxygens (including phenoxy) is 1. The maximum absolute atomic E-state index is 13.3. The van der Waals surface area contributed by atoms with E-state index in [-0.39, 0.29) is 17.7 Å². The van der Waals surface area contributed by atoms with E-state index in [0.29, 0.717) is 0 Å². The molecule has 0 amide bonds. The molecule has 1 nitrogen and oxygen atoms in total. The van der Waals surface area contributed by atoms with E-state index < -0.39 is 0 Å². The van der Waals surface area contributed by atoms with Gasteiger partial charge in [0.15, 0.2) is 0 Å². The highest BCUT2D eigenvalue weighted by molar-refractivity contribution is 5.75. The monoisotopic (exact) mass is 378 g/mol. The van der Waals surface area contributed by atoms with E-state index in [1.54, 1.807) is 24.3 Å². The van der Waals surface area contributed by atoms with Crippen molar-refractivity contribution in [2.45, 2.75) is 38.7 Å². The molecule has 0 heterocycles. The van der Waals surface area contributed by atoms with Crippen molar-refractivity contribution in [2.75, 3.05) is 0 Å². The molecule has 0 bridgehead atoms. The van der Waals surface area contributed by atoms with Gasteiger partial charge in [-0.1, -0.05) is 37.6 Å². The van der Waals surface area contributed by atoms with Gasteiger partial charge in [0.1, 0.15) is 17.4 Å². The molecule has 1 saturated carbocycles. The summed E-state index contributed by atoms with van der Waals surface area (Å²) in [5.41, 5.74) is 3.77.